The smallest absolute Gasteiger partial charge is 0.257 e. The fraction of sp³-hybridized carbons (Fsp3) is 0.400. The van der Waals surface area contributed by atoms with Crippen LogP contribution in [0.1, 0.15) is 23.2 Å². The number of likely N-dealkylation sites (tertiary alicyclic amines) is 1. The summed E-state index contributed by atoms with van der Waals surface area (Å²) in [6.07, 6.45) is 5.32. The molecule has 3 N–H and O–H groups in total. The number of aromatic nitrogens is 1. The van der Waals surface area contributed by atoms with Gasteiger partial charge in [0, 0.05) is 25.5 Å². The number of nitrogen functional groups attached to an aromatic ring is 1. The number of nitrogens with two attached hydrogens (primary N) is 1. The highest BCUT2D eigenvalue weighted by atomic mass is 16.2. The number of amides is 1. The van der Waals surface area contributed by atoms with Crippen LogP contribution < -0.4 is 11.3 Å². The first-order valence-electron chi connectivity index (χ1n) is 5.03. The molecule has 2 rings (SSSR count). The molecule has 1 fully saturated rings. The molecule has 5 nitrogen and oxygen atoms in total. The molecule has 0 aliphatic carbocycles. The molecule has 1 aromatic heterocycles. The maximum Gasteiger partial charge on any atom is 0.257 e. The third-order valence-electron chi connectivity index (χ3n) is 2.60. The minimum absolute atomic E-state index is 0.00792. The molecule has 0 unspecified atom stereocenters. The van der Waals surface area contributed by atoms with E-state index in [1.807, 2.05) is 4.90 Å². The zero-order valence-electron chi connectivity index (χ0n) is 8.44. The minimum atomic E-state index is 0.00792. The normalized spacial score (nSPS) is 15.4. The highest BCUT2D eigenvalue weighted by Crippen LogP contribution is 2.17. The Morgan fingerprint density at radius 3 is 2.87 bits per heavy atom. The number of carbonyl (C=O) groups is 1. The van der Waals surface area contributed by atoms with Crippen LogP contribution in [-0.4, -0.2) is 28.9 Å². The molecule has 1 amide bonds. The molecule has 5 heteroatoms. The third-order valence-corrected chi connectivity index (χ3v) is 2.60. The number of carbonyl (C=O) groups excluding carboxylic acids is 1. The molecule has 0 radical (unpaired) electrons. The van der Waals surface area contributed by atoms with Gasteiger partial charge in [0.2, 0.25) is 0 Å². The van der Waals surface area contributed by atoms with Gasteiger partial charge in [-0.2, -0.15) is 0 Å². The molecular weight excluding hydrogens is 192 g/mol. The quantitative estimate of drug-likeness (QED) is 0.549. The van der Waals surface area contributed by atoms with Crippen molar-refractivity contribution in [1.82, 2.24) is 9.88 Å². The summed E-state index contributed by atoms with van der Waals surface area (Å²) in [5.74, 6) is 5.35. The van der Waals surface area contributed by atoms with Crippen LogP contribution in [0.15, 0.2) is 18.5 Å². The lowest BCUT2D eigenvalue weighted by molar-refractivity contribution is 0.0793. The van der Waals surface area contributed by atoms with Crippen LogP contribution in [0, 0.1) is 0 Å². The molecule has 0 atom stereocenters. The Morgan fingerprint density at radius 1 is 1.47 bits per heavy atom. The van der Waals surface area contributed by atoms with E-state index in [2.05, 4.69) is 10.4 Å². The third kappa shape index (κ3) is 1.92. The van der Waals surface area contributed by atoms with Gasteiger partial charge in [0.25, 0.3) is 5.91 Å². The van der Waals surface area contributed by atoms with E-state index in [-0.39, 0.29) is 5.91 Å². The van der Waals surface area contributed by atoms with Crippen LogP contribution in [0.3, 0.4) is 0 Å². The highest BCUT2D eigenvalue weighted by Gasteiger charge is 2.21. The number of anilines is 1. The molecule has 1 aliphatic heterocycles. The van der Waals surface area contributed by atoms with Crippen molar-refractivity contribution in [3.05, 3.63) is 24.0 Å². The first-order chi connectivity index (χ1) is 7.33. The summed E-state index contributed by atoms with van der Waals surface area (Å²) in [5.41, 5.74) is 3.68. The zero-order valence-corrected chi connectivity index (χ0v) is 8.44. The number of hydrazine groups is 1. The van der Waals surface area contributed by atoms with Crippen molar-refractivity contribution in [3.63, 3.8) is 0 Å². The van der Waals surface area contributed by atoms with Gasteiger partial charge in [-0.15, -0.1) is 0 Å². The van der Waals surface area contributed by atoms with E-state index in [4.69, 9.17) is 5.84 Å². The van der Waals surface area contributed by atoms with Crippen molar-refractivity contribution in [2.24, 2.45) is 5.84 Å². The molecule has 1 aromatic rings. The van der Waals surface area contributed by atoms with Crippen molar-refractivity contribution < 1.29 is 4.79 Å². The average molecular weight is 206 g/mol. The Kier molecular flexibility index (Phi) is 2.82. The Morgan fingerprint density at radius 2 is 2.20 bits per heavy atom. The molecule has 80 valence electrons. The van der Waals surface area contributed by atoms with Crippen LogP contribution >= 0.6 is 0 Å². The number of hydrogen-bond donors (Lipinski definition) is 2. The molecule has 1 aliphatic rings. The Hall–Kier alpha value is -1.62. The lowest BCUT2D eigenvalue weighted by Gasteiger charge is -2.16. The fourth-order valence-corrected chi connectivity index (χ4v) is 1.78. The fourth-order valence-electron chi connectivity index (χ4n) is 1.78. The first kappa shape index (κ1) is 9.92. The Labute approximate surface area is 88.3 Å². The number of nitrogens with zero attached hydrogens (tertiary/aromatic N) is 2. The summed E-state index contributed by atoms with van der Waals surface area (Å²) in [5, 5.41) is 0. The maximum absolute atomic E-state index is 12.0. The SMILES string of the molecule is NNc1ccncc1C(=O)N1CCCC1. The van der Waals surface area contributed by atoms with Gasteiger partial charge >= 0.3 is 0 Å². The van der Waals surface area contributed by atoms with E-state index < -0.39 is 0 Å². The monoisotopic (exact) mass is 206 g/mol. The van der Waals surface area contributed by atoms with Crippen LogP contribution in [0.5, 0.6) is 0 Å². The van der Waals surface area contributed by atoms with E-state index in [1.54, 1.807) is 18.5 Å². The van der Waals surface area contributed by atoms with Crippen LogP contribution in [0.25, 0.3) is 0 Å². The van der Waals surface area contributed by atoms with Crippen LogP contribution in [0.2, 0.25) is 0 Å². The largest absolute Gasteiger partial charge is 0.339 e. The zero-order chi connectivity index (χ0) is 10.7. The summed E-state index contributed by atoms with van der Waals surface area (Å²) in [6, 6.07) is 1.70. The second kappa shape index (κ2) is 4.27. The van der Waals surface area contributed by atoms with Crippen molar-refractivity contribution >= 4 is 11.6 Å². The minimum Gasteiger partial charge on any atom is -0.339 e. The molecule has 0 bridgehead atoms. The van der Waals surface area contributed by atoms with E-state index in [0.717, 1.165) is 25.9 Å². The lowest BCUT2D eigenvalue weighted by atomic mass is 10.2. The van der Waals surface area contributed by atoms with Gasteiger partial charge in [-0.25, -0.2) is 0 Å². The molecule has 0 aromatic carbocycles. The maximum atomic E-state index is 12.0. The van der Waals surface area contributed by atoms with Gasteiger partial charge in [-0.05, 0) is 18.9 Å². The molecule has 2 heterocycles. The van der Waals surface area contributed by atoms with E-state index in [1.165, 1.54) is 0 Å². The van der Waals surface area contributed by atoms with Gasteiger partial charge < -0.3 is 10.3 Å². The standard InChI is InChI=1S/C10H14N4O/c11-13-9-3-4-12-7-8(9)10(15)14-5-1-2-6-14/h3-4,7H,1-2,5-6,11H2,(H,12,13). The second-order valence-corrected chi connectivity index (χ2v) is 3.56. The summed E-state index contributed by atoms with van der Waals surface area (Å²) < 4.78 is 0. The molecule has 15 heavy (non-hydrogen) atoms. The van der Waals surface area contributed by atoms with E-state index in [9.17, 15) is 4.79 Å². The summed E-state index contributed by atoms with van der Waals surface area (Å²) in [4.78, 5) is 17.8. The van der Waals surface area contributed by atoms with Crippen LogP contribution in [-0.2, 0) is 0 Å². The van der Waals surface area contributed by atoms with E-state index >= 15 is 0 Å². The molecule has 1 saturated heterocycles. The highest BCUT2D eigenvalue weighted by molar-refractivity contribution is 5.99. The molecule has 0 spiro atoms. The topological polar surface area (TPSA) is 71.2 Å². The van der Waals surface area contributed by atoms with Gasteiger partial charge in [-0.3, -0.25) is 15.6 Å². The lowest BCUT2D eigenvalue weighted by Crippen LogP contribution is -2.29. The van der Waals surface area contributed by atoms with Crippen molar-refractivity contribution in [1.29, 1.82) is 0 Å². The number of rotatable bonds is 2. The molecular formula is C10H14N4O. The average Bonchev–Trinajstić information content (AvgIpc) is 2.81. The van der Waals surface area contributed by atoms with Gasteiger partial charge in [-0.1, -0.05) is 0 Å². The molecule has 0 saturated carbocycles. The Bertz CT molecular complexity index is 360. The summed E-state index contributed by atoms with van der Waals surface area (Å²) in [6.45, 7) is 1.66. The second-order valence-electron chi connectivity index (χ2n) is 3.56. The predicted octanol–water partition coefficient (Wildman–Crippen LogP) is 0.603. The van der Waals surface area contributed by atoms with E-state index in [0.29, 0.717) is 11.3 Å². The van der Waals surface area contributed by atoms with Gasteiger partial charge in [0.05, 0.1) is 11.3 Å². The number of nitrogens with one attached hydrogen (secondary N) is 1. The van der Waals surface area contributed by atoms with Crippen molar-refractivity contribution in [2.75, 3.05) is 18.5 Å². The number of hydrogen-bond acceptors (Lipinski definition) is 4. The van der Waals surface area contributed by atoms with Crippen molar-refractivity contribution in [2.45, 2.75) is 12.8 Å². The summed E-state index contributed by atoms with van der Waals surface area (Å²) in [7, 11) is 0. The van der Waals surface area contributed by atoms with Gasteiger partial charge in [0.1, 0.15) is 0 Å². The van der Waals surface area contributed by atoms with Gasteiger partial charge in [0.15, 0.2) is 0 Å². The predicted molar refractivity (Wildman–Crippen MR) is 57.2 cm³/mol. The first-order valence-corrected chi connectivity index (χ1v) is 5.03. The van der Waals surface area contributed by atoms with Crippen molar-refractivity contribution in [3.8, 4) is 0 Å². The Balaban J connectivity index is 2.24. The number of pyridine rings is 1. The summed E-state index contributed by atoms with van der Waals surface area (Å²) >= 11 is 0. The van der Waals surface area contributed by atoms with Crippen LogP contribution in [0.4, 0.5) is 5.69 Å².